The molecule has 0 radical (unpaired) electrons. The smallest absolute Gasteiger partial charge is 0.160 e. The molecule has 0 saturated heterocycles. The van der Waals surface area contributed by atoms with Crippen molar-refractivity contribution in [3.05, 3.63) is 176 Å². The van der Waals surface area contributed by atoms with Gasteiger partial charge in [0.25, 0.3) is 0 Å². The number of hydrogen-bond acceptors (Lipinski definition) is 2. The molecule has 2 heterocycles. The summed E-state index contributed by atoms with van der Waals surface area (Å²) in [4.78, 5) is 10.2. The first-order chi connectivity index (χ1) is 24.3. The van der Waals surface area contributed by atoms with Crippen LogP contribution >= 0.6 is 0 Å². The Kier molecular flexibility index (Phi) is 6.18. The van der Waals surface area contributed by atoms with Crippen molar-refractivity contribution in [2.24, 2.45) is 0 Å². The van der Waals surface area contributed by atoms with Crippen molar-refractivity contribution in [1.82, 2.24) is 14.5 Å². The minimum Gasteiger partial charge on any atom is -0.309 e. The molecule has 0 amide bonds. The summed E-state index contributed by atoms with van der Waals surface area (Å²) in [5.41, 5.74) is 8.37. The van der Waals surface area contributed by atoms with Crippen molar-refractivity contribution in [3.63, 3.8) is 0 Å². The summed E-state index contributed by atoms with van der Waals surface area (Å²) in [7, 11) is 0. The second kappa shape index (κ2) is 11.0. The first-order valence-corrected chi connectivity index (χ1v) is 16.7. The van der Waals surface area contributed by atoms with Crippen molar-refractivity contribution in [2.75, 3.05) is 0 Å². The molecule has 8 aromatic carbocycles. The lowest BCUT2D eigenvalue weighted by molar-refractivity contribution is 1.17. The van der Waals surface area contributed by atoms with Gasteiger partial charge in [-0.25, -0.2) is 9.97 Å². The predicted molar refractivity (Wildman–Crippen MR) is 205 cm³/mol. The second-order valence-electron chi connectivity index (χ2n) is 12.6. The summed E-state index contributed by atoms with van der Waals surface area (Å²) >= 11 is 0. The van der Waals surface area contributed by atoms with E-state index in [4.69, 9.17) is 9.97 Å². The van der Waals surface area contributed by atoms with Crippen LogP contribution in [0.3, 0.4) is 0 Å². The Morgan fingerprint density at radius 3 is 1.65 bits per heavy atom. The number of fused-ring (bicyclic) bond motifs is 9. The van der Waals surface area contributed by atoms with Crippen LogP contribution in [0.5, 0.6) is 0 Å². The van der Waals surface area contributed by atoms with Crippen LogP contribution in [0, 0.1) is 0 Å². The zero-order valence-electron chi connectivity index (χ0n) is 26.6. The van der Waals surface area contributed by atoms with E-state index in [-0.39, 0.29) is 0 Å². The maximum absolute atomic E-state index is 5.16. The van der Waals surface area contributed by atoms with Crippen LogP contribution in [-0.4, -0.2) is 14.5 Å². The highest BCUT2D eigenvalue weighted by Crippen LogP contribution is 2.43. The van der Waals surface area contributed by atoms with E-state index in [1.807, 2.05) is 24.3 Å². The lowest BCUT2D eigenvalue weighted by atomic mass is 9.96. The first-order valence-electron chi connectivity index (χ1n) is 16.7. The molecule has 0 N–H and O–H groups in total. The SMILES string of the molecule is c1ccc(-c2cc(-c3cccc(-n4c5cc6ccccc6cc5c5c6ccccc6c6ccccc6c54)c3)nc(-c3ccccc3)n2)cc1. The molecule has 0 aliphatic carbocycles. The molecule has 3 heteroatoms. The number of aromatic nitrogens is 3. The average molecular weight is 624 g/mol. The van der Waals surface area contributed by atoms with Gasteiger partial charge in [0.15, 0.2) is 5.82 Å². The van der Waals surface area contributed by atoms with Gasteiger partial charge in [-0.3, -0.25) is 0 Å². The molecule has 10 aromatic rings. The molecule has 0 bridgehead atoms. The van der Waals surface area contributed by atoms with Crippen molar-refractivity contribution >= 4 is 54.1 Å². The summed E-state index contributed by atoms with van der Waals surface area (Å²) in [6, 6.07) is 62.6. The quantitative estimate of drug-likeness (QED) is 0.183. The fourth-order valence-electron chi connectivity index (χ4n) is 7.50. The van der Waals surface area contributed by atoms with Gasteiger partial charge in [-0.2, -0.15) is 0 Å². The van der Waals surface area contributed by atoms with E-state index in [0.717, 1.165) is 33.8 Å². The van der Waals surface area contributed by atoms with E-state index in [2.05, 4.69) is 156 Å². The third kappa shape index (κ3) is 4.44. The number of nitrogens with zero attached hydrogens (tertiary/aromatic N) is 3. The first kappa shape index (κ1) is 27.5. The third-order valence-electron chi connectivity index (χ3n) is 9.73. The molecule has 228 valence electrons. The molecule has 0 saturated carbocycles. The summed E-state index contributed by atoms with van der Waals surface area (Å²) in [5.74, 6) is 0.711. The molecular formula is C46H29N3. The van der Waals surface area contributed by atoms with Gasteiger partial charge in [0, 0.05) is 38.5 Å². The van der Waals surface area contributed by atoms with Crippen molar-refractivity contribution in [1.29, 1.82) is 0 Å². The van der Waals surface area contributed by atoms with Crippen LogP contribution in [0.25, 0.3) is 93.7 Å². The Bertz CT molecular complexity index is 2810. The third-order valence-corrected chi connectivity index (χ3v) is 9.73. The van der Waals surface area contributed by atoms with Crippen LogP contribution in [0.4, 0.5) is 0 Å². The van der Waals surface area contributed by atoms with Crippen LogP contribution in [0.15, 0.2) is 176 Å². The fraction of sp³-hybridized carbons (Fsp3) is 0. The van der Waals surface area contributed by atoms with E-state index in [9.17, 15) is 0 Å². The van der Waals surface area contributed by atoms with Gasteiger partial charge >= 0.3 is 0 Å². The fourth-order valence-corrected chi connectivity index (χ4v) is 7.50. The summed E-state index contributed by atoms with van der Waals surface area (Å²) < 4.78 is 2.47. The minimum absolute atomic E-state index is 0.711. The lowest BCUT2D eigenvalue weighted by Gasteiger charge is -2.14. The number of rotatable bonds is 4. The zero-order valence-corrected chi connectivity index (χ0v) is 26.6. The second-order valence-corrected chi connectivity index (χ2v) is 12.6. The highest BCUT2D eigenvalue weighted by atomic mass is 15.0. The normalized spacial score (nSPS) is 11.7. The maximum Gasteiger partial charge on any atom is 0.160 e. The minimum atomic E-state index is 0.711. The molecular weight excluding hydrogens is 595 g/mol. The largest absolute Gasteiger partial charge is 0.309 e. The number of hydrogen-bond donors (Lipinski definition) is 0. The number of benzene rings is 8. The zero-order chi connectivity index (χ0) is 32.3. The van der Waals surface area contributed by atoms with Gasteiger partial charge in [-0.05, 0) is 57.3 Å². The van der Waals surface area contributed by atoms with Gasteiger partial charge in [0.2, 0.25) is 0 Å². The standard InChI is InChI=1S/C46H29N3/c1-3-14-30(15-4-1)41-29-42(48-46(47-41)31-16-5-2-6-17-31)34-20-13-21-35(26-34)49-43-28-33-19-8-7-18-32(33)27-40(43)44-38-24-11-9-22-36(38)37-23-10-12-25-39(37)45(44)49/h1-29H. The van der Waals surface area contributed by atoms with Gasteiger partial charge in [0.05, 0.1) is 22.4 Å². The molecule has 3 nitrogen and oxygen atoms in total. The van der Waals surface area contributed by atoms with E-state index in [1.54, 1.807) is 0 Å². The average Bonchev–Trinajstić information content (AvgIpc) is 3.52. The molecule has 0 spiro atoms. The van der Waals surface area contributed by atoms with Crippen molar-refractivity contribution in [2.45, 2.75) is 0 Å². The van der Waals surface area contributed by atoms with Crippen molar-refractivity contribution in [3.8, 4) is 39.6 Å². The van der Waals surface area contributed by atoms with E-state index < -0.39 is 0 Å². The van der Waals surface area contributed by atoms with Gasteiger partial charge in [0.1, 0.15) is 0 Å². The lowest BCUT2D eigenvalue weighted by Crippen LogP contribution is -1.98. The van der Waals surface area contributed by atoms with E-state index in [0.29, 0.717) is 5.82 Å². The van der Waals surface area contributed by atoms with E-state index >= 15 is 0 Å². The van der Waals surface area contributed by atoms with Gasteiger partial charge in [-0.1, -0.05) is 146 Å². The molecule has 0 fully saturated rings. The summed E-state index contributed by atoms with van der Waals surface area (Å²) in [6.45, 7) is 0. The molecule has 10 rings (SSSR count). The summed E-state index contributed by atoms with van der Waals surface area (Å²) in [5, 5.41) is 10.0. The molecule has 49 heavy (non-hydrogen) atoms. The highest BCUT2D eigenvalue weighted by Gasteiger charge is 2.20. The summed E-state index contributed by atoms with van der Waals surface area (Å²) in [6.07, 6.45) is 0. The Morgan fingerprint density at radius 2 is 0.918 bits per heavy atom. The van der Waals surface area contributed by atoms with Gasteiger partial charge < -0.3 is 4.57 Å². The van der Waals surface area contributed by atoms with E-state index in [1.165, 1.54) is 54.1 Å². The molecule has 0 atom stereocenters. The Labute approximate surface area is 283 Å². The molecule has 0 unspecified atom stereocenters. The van der Waals surface area contributed by atoms with Crippen LogP contribution in [0.1, 0.15) is 0 Å². The molecule has 0 aliphatic rings. The highest BCUT2D eigenvalue weighted by molar-refractivity contribution is 6.32. The van der Waals surface area contributed by atoms with Gasteiger partial charge in [-0.15, -0.1) is 0 Å². The maximum atomic E-state index is 5.16. The topological polar surface area (TPSA) is 30.7 Å². The van der Waals surface area contributed by atoms with Crippen LogP contribution in [0.2, 0.25) is 0 Å². The molecule has 0 aliphatic heterocycles. The van der Waals surface area contributed by atoms with Crippen molar-refractivity contribution < 1.29 is 0 Å². The predicted octanol–water partition coefficient (Wildman–Crippen LogP) is 12.0. The Balaban J connectivity index is 1.29. The Hall–Kier alpha value is -6.58. The van der Waals surface area contributed by atoms with Crippen LogP contribution < -0.4 is 0 Å². The van der Waals surface area contributed by atoms with Crippen LogP contribution in [-0.2, 0) is 0 Å². The monoisotopic (exact) mass is 623 g/mol. The molecule has 2 aromatic heterocycles. The Morgan fingerprint density at radius 1 is 0.367 bits per heavy atom.